The minimum absolute atomic E-state index is 0.130. The fourth-order valence-electron chi connectivity index (χ4n) is 1.76. The summed E-state index contributed by atoms with van der Waals surface area (Å²) in [6.07, 6.45) is 0.880. The highest BCUT2D eigenvalue weighted by molar-refractivity contribution is 6.30. The van der Waals surface area contributed by atoms with Crippen LogP contribution in [0.15, 0.2) is 24.3 Å². The third-order valence-electron chi connectivity index (χ3n) is 3.06. The molecule has 0 saturated heterocycles. The van der Waals surface area contributed by atoms with E-state index in [1.165, 1.54) is 0 Å². The molecule has 0 amide bonds. The number of halogens is 1. The van der Waals surface area contributed by atoms with E-state index >= 15 is 0 Å². The molecular formula is C13H20ClNO. The van der Waals surface area contributed by atoms with E-state index < -0.39 is 0 Å². The summed E-state index contributed by atoms with van der Waals surface area (Å²) in [4.78, 5) is 0. The first-order valence-electron chi connectivity index (χ1n) is 5.68. The van der Waals surface area contributed by atoms with E-state index in [-0.39, 0.29) is 11.6 Å². The quantitative estimate of drug-likeness (QED) is 0.856. The maximum absolute atomic E-state index is 6.25. The fraction of sp³-hybridized carbons (Fsp3) is 0.538. The van der Waals surface area contributed by atoms with E-state index in [0.29, 0.717) is 6.61 Å². The lowest BCUT2D eigenvalue weighted by molar-refractivity contribution is -0.0472. The molecule has 0 heterocycles. The van der Waals surface area contributed by atoms with Gasteiger partial charge in [-0.05, 0) is 38.0 Å². The SMILES string of the molecule is CCOC(C)(CC)C(N)c1ccc(Cl)cc1. The topological polar surface area (TPSA) is 35.2 Å². The third-order valence-corrected chi connectivity index (χ3v) is 3.32. The zero-order chi connectivity index (χ0) is 12.2. The van der Waals surface area contributed by atoms with Crippen LogP contribution in [0.3, 0.4) is 0 Å². The van der Waals surface area contributed by atoms with Gasteiger partial charge in [-0.25, -0.2) is 0 Å². The molecule has 0 aliphatic carbocycles. The van der Waals surface area contributed by atoms with Gasteiger partial charge in [-0.3, -0.25) is 0 Å². The van der Waals surface area contributed by atoms with Crippen molar-refractivity contribution >= 4 is 11.6 Å². The first kappa shape index (κ1) is 13.5. The summed E-state index contributed by atoms with van der Waals surface area (Å²) in [6, 6.07) is 7.51. The van der Waals surface area contributed by atoms with Crippen LogP contribution in [0.25, 0.3) is 0 Å². The van der Waals surface area contributed by atoms with Gasteiger partial charge in [0.25, 0.3) is 0 Å². The van der Waals surface area contributed by atoms with Crippen molar-refractivity contribution in [1.82, 2.24) is 0 Å². The van der Waals surface area contributed by atoms with E-state index in [0.717, 1.165) is 17.0 Å². The van der Waals surface area contributed by atoms with Gasteiger partial charge in [0.05, 0.1) is 11.6 Å². The molecule has 0 spiro atoms. The minimum Gasteiger partial charge on any atom is -0.374 e. The molecule has 0 aromatic heterocycles. The average molecular weight is 242 g/mol. The molecule has 2 N–H and O–H groups in total. The predicted octanol–water partition coefficient (Wildman–Crippen LogP) is 3.55. The van der Waals surface area contributed by atoms with Gasteiger partial charge < -0.3 is 10.5 Å². The Balaban J connectivity index is 2.90. The molecule has 0 aliphatic rings. The number of ether oxygens (including phenoxy) is 1. The molecule has 1 aromatic carbocycles. The predicted molar refractivity (Wildman–Crippen MR) is 68.7 cm³/mol. The molecule has 3 heteroatoms. The second kappa shape index (κ2) is 5.67. The van der Waals surface area contributed by atoms with Crippen molar-refractivity contribution in [2.24, 2.45) is 5.73 Å². The average Bonchev–Trinajstić information content (AvgIpc) is 2.29. The molecule has 0 aliphatic heterocycles. The van der Waals surface area contributed by atoms with E-state index in [2.05, 4.69) is 13.8 Å². The van der Waals surface area contributed by atoms with Gasteiger partial charge in [-0.15, -0.1) is 0 Å². The number of hydrogen-bond acceptors (Lipinski definition) is 2. The largest absolute Gasteiger partial charge is 0.374 e. The van der Waals surface area contributed by atoms with Crippen LogP contribution in [0.1, 0.15) is 38.8 Å². The number of hydrogen-bond donors (Lipinski definition) is 1. The monoisotopic (exact) mass is 241 g/mol. The summed E-state index contributed by atoms with van der Waals surface area (Å²) in [5.41, 5.74) is 6.99. The molecule has 0 fully saturated rings. The third kappa shape index (κ3) is 2.97. The number of benzene rings is 1. The maximum atomic E-state index is 6.25. The molecule has 1 aromatic rings. The maximum Gasteiger partial charge on any atom is 0.0843 e. The normalized spacial score (nSPS) is 16.8. The molecule has 90 valence electrons. The van der Waals surface area contributed by atoms with Gasteiger partial charge in [0.2, 0.25) is 0 Å². The Labute approximate surface area is 103 Å². The highest BCUT2D eigenvalue weighted by Gasteiger charge is 2.31. The zero-order valence-electron chi connectivity index (χ0n) is 10.2. The molecule has 0 saturated carbocycles. The molecule has 1 rings (SSSR count). The molecule has 2 atom stereocenters. The van der Waals surface area contributed by atoms with Crippen LogP contribution < -0.4 is 5.73 Å². The van der Waals surface area contributed by atoms with Crippen LogP contribution in [-0.4, -0.2) is 12.2 Å². The van der Waals surface area contributed by atoms with E-state index in [1.807, 2.05) is 31.2 Å². The van der Waals surface area contributed by atoms with Crippen LogP contribution in [0.4, 0.5) is 0 Å². The Hall–Kier alpha value is -0.570. The lowest BCUT2D eigenvalue weighted by Crippen LogP contribution is -2.40. The summed E-state index contributed by atoms with van der Waals surface area (Å²) in [5.74, 6) is 0. The fourth-order valence-corrected chi connectivity index (χ4v) is 1.89. The van der Waals surface area contributed by atoms with Gasteiger partial charge in [0, 0.05) is 11.6 Å². The van der Waals surface area contributed by atoms with Crippen molar-refractivity contribution in [2.75, 3.05) is 6.61 Å². The lowest BCUT2D eigenvalue weighted by Gasteiger charge is -2.34. The van der Waals surface area contributed by atoms with E-state index in [4.69, 9.17) is 22.1 Å². The van der Waals surface area contributed by atoms with Crippen LogP contribution in [0.5, 0.6) is 0 Å². The highest BCUT2D eigenvalue weighted by Crippen LogP contribution is 2.30. The van der Waals surface area contributed by atoms with Crippen molar-refractivity contribution in [3.8, 4) is 0 Å². The minimum atomic E-state index is -0.317. The van der Waals surface area contributed by atoms with E-state index in [1.54, 1.807) is 0 Å². The molecular weight excluding hydrogens is 222 g/mol. The number of rotatable bonds is 5. The summed E-state index contributed by atoms with van der Waals surface area (Å²) in [7, 11) is 0. The highest BCUT2D eigenvalue weighted by atomic mass is 35.5. The Morgan fingerprint density at radius 2 is 1.88 bits per heavy atom. The summed E-state index contributed by atoms with van der Waals surface area (Å²) in [6.45, 7) is 6.80. The standard InChI is InChI=1S/C13H20ClNO/c1-4-13(3,16-5-2)12(15)10-6-8-11(14)9-7-10/h6-9,12H,4-5,15H2,1-3H3. The van der Waals surface area contributed by atoms with Gasteiger partial charge in [-0.1, -0.05) is 30.7 Å². The molecule has 0 radical (unpaired) electrons. The Bertz CT molecular complexity index is 325. The van der Waals surface area contributed by atoms with E-state index in [9.17, 15) is 0 Å². The van der Waals surface area contributed by atoms with Crippen LogP contribution in [0.2, 0.25) is 5.02 Å². The summed E-state index contributed by atoms with van der Waals surface area (Å²) >= 11 is 5.85. The summed E-state index contributed by atoms with van der Waals surface area (Å²) in [5, 5.41) is 0.727. The van der Waals surface area contributed by atoms with Crippen LogP contribution in [-0.2, 0) is 4.74 Å². The Kier molecular flexibility index (Phi) is 4.78. The van der Waals surface area contributed by atoms with Gasteiger partial charge in [0.15, 0.2) is 0 Å². The van der Waals surface area contributed by atoms with Crippen molar-refractivity contribution in [3.05, 3.63) is 34.9 Å². The molecule has 16 heavy (non-hydrogen) atoms. The van der Waals surface area contributed by atoms with Crippen LogP contribution in [0, 0.1) is 0 Å². The second-order valence-electron chi connectivity index (χ2n) is 4.13. The summed E-state index contributed by atoms with van der Waals surface area (Å²) < 4.78 is 5.77. The van der Waals surface area contributed by atoms with Gasteiger partial charge >= 0.3 is 0 Å². The van der Waals surface area contributed by atoms with Crippen LogP contribution >= 0.6 is 11.6 Å². The van der Waals surface area contributed by atoms with Crippen molar-refractivity contribution in [3.63, 3.8) is 0 Å². The van der Waals surface area contributed by atoms with Gasteiger partial charge in [-0.2, -0.15) is 0 Å². The van der Waals surface area contributed by atoms with Crippen molar-refractivity contribution in [2.45, 2.75) is 38.8 Å². The molecule has 2 unspecified atom stereocenters. The lowest BCUT2D eigenvalue weighted by atomic mass is 9.88. The van der Waals surface area contributed by atoms with Crippen molar-refractivity contribution in [1.29, 1.82) is 0 Å². The first-order chi connectivity index (χ1) is 7.53. The van der Waals surface area contributed by atoms with Crippen molar-refractivity contribution < 1.29 is 4.74 Å². The van der Waals surface area contributed by atoms with Gasteiger partial charge in [0.1, 0.15) is 0 Å². The zero-order valence-corrected chi connectivity index (χ0v) is 10.9. The first-order valence-corrected chi connectivity index (χ1v) is 6.06. The smallest absolute Gasteiger partial charge is 0.0843 e. The number of nitrogens with two attached hydrogens (primary N) is 1. The molecule has 0 bridgehead atoms. The Morgan fingerprint density at radius 1 is 1.31 bits per heavy atom. The Morgan fingerprint density at radius 3 is 2.31 bits per heavy atom. The second-order valence-corrected chi connectivity index (χ2v) is 4.56. The molecule has 2 nitrogen and oxygen atoms in total.